The fourth-order valence-corrected chi connectivity index (χ4v) is 1.18. The van der Waals surface area contributed by atoms with Crippen molar-refractivity contribution in [2.24, 2.45) is 0 Å². The van der Waals surface area contributed by atoms with Crippen molar-refractivity contribution in [1.29, 1.82) is 0 Å². The summed E-state index contributed by atoms with van der Waals surface area (Å²) in [5.41, 5.74) is 0. The van der Waals surface area contributed by atoms with E-state index in [0.717, 1.165) is 12.2 Å². The first kappa shape index (κ1) is 10.3. The van der Waals surface area contributed by atoms with Crippen LogP contribution in [0.2, 0.25) is 0 Å². The molecule has 1 heterocycles. The quantitative estimate of drug-likeness (QED) is 0.730. The average Bonchev–Trinajstić information content (AvgIpc) is 2.66. The lowest BCUT2D eigenvalue weighted by Gasteiger charge is -2.18. The van der Waals surface area contributed by atoms with Crippen molar-refractivity contribution in [3.05, 3.63) is 24.2 Å². The number of hydrogen-bond donors (Lipinski definition) is 2. The Morgan fingerprint density at radius 3 is 2.85 bits per heavy atom. The van der Waals surface area contributed by atoms with Crippen LogP contribution in [-0.2, 0) is 0 Å². The fourth-order valence-electron chi connectivity index (χ4n) is 1.18. The Balaban J connectivity index is 2.53. The smallest absolute Gasteiger partial charge is 0.123 e. The molecule has 74 valence electrons. The highest BCUT2D eigenvalue weighted by Crippen LogP contribution is 2.13. The number of hydrogen-bond acceptors (Lipinski definition) is 3. The monoisotopic (exact) mass is 183 g/mol. The summed E-state index contributed by atoms with van der Waals surface area (Å²) in [5, 5.41) is 12.4. The van der Waals surface area contributed by atoms with Crippen LogP contribution in [0.1, 0.15) is 32.1 Å². The van der Waals surface area contributed by atoms with Gasteiger partial charge in [0.1, 0.15) is 5.76 Å². The van der Waals surface area contributed by atoms with E-state index in [0.29, 0.717) is 6.04 Å². The first-order valence-electron chi connectivity index (χ1n) is 4.68. The molecule has 1 aromatic heterocycles. The minimum Gasteiger partial charge on any atom is -0.468 e. The molecule has 0 aromatic carbocycles. The Labute approximate surface area is 78.8 Å². The third-order valence-electron chi connectivity index (χ3n) is 2.17. The molecule has 0 amide bonds. The molecule has 13 heavy (non-hydrogen) atoms. The van der Waals surface area contributed by atoms with Crippen LogP contribution in [0.5, 0.6) is 0 Å². The van der Waals surface area contributed by atoms with Crippen molar-refractivity contribution < 1.29 is 9.52 Å². The molecule has 0 saturated carbocycles. The molecule has 1 aromatic rings. The molecule has 0 aliphatic rings. The van der Waals surface area contributed by atoms with E-state index in [1.807, 2.05) is 12.1 Å². The molecule has 2 unspecified atom stereocenters. The summed E-state index contributed by atoms with van der Waals surface area (Å²) in [6.45, 7) is 4.26. The minimum absolute atomic E-state index is 0.0673. The second kappa shape index (κ2) is 5.04. The third kappa shape index (κ3) is 2.86. The van der Waals surface area contributed by atoms with E-state index < -0.39 is 0 Å². The zero-order chi connectivity index (χ0) is 9.68. The highest BCUT2D eigenvalue weighted by atomic mass is 16.3. The molecule has 0 aliphatic carbocycles. The molecule has 1 rings (SSSR count). The van der Waals surface area contributed by atoms with Crippen LogP contribution in [0.3, 0.4) is 0 Å². The van der Waals surface area contributed by atoms with E-state index in [9.17, 15) is 0 Å². The predicted molar refractivity (Wildman–Crippen MR) is 51.4 cm³/mol. The zero-order valence-corrected chi connectivity index (χ0v) is 8.16. The van der Waals surface area contributed by atoms with E-state index in [1.54, 1.807) is 6.26 Å². The predicted octanol–water partition coefficient (Wildman–Crippen LogP) is 1.70. The molecule has 0 bridgehead atoms. The van der Waals surface area contributed by atoms with E-state index >= 15 is 0 Å². The molecular weight excluding hydrogens is 166 g/mol. The lowest BCUT2D eigenvalue weighted by molar-refractivity contribution is 0.216. The number of aliphatic hydroxyl groups excluding tert-OH is 1. The SMILES string of the molecule is CCC(C)NC(CO)c1ccco1. The third-order valence-corrected chi connectivity index (χ3v) is 2.17. The van der Waals surface area contributed by atoms with Crippen LogP contribution in [0, 0.1) is 0 Å². The molecule has 0 aliphatic heterocycles. The van der Waals surface area contributed by atoms with Crippen molar-refractivity contribution in [3.63, 3.8) is 0 Å². The normalized spacial score (nSPS) is 15.6. The number of rotatable bonds is 5. The van der Waals surface area contributed by atoms with Gasteiger partial charge < -0.3 is 14.8 Å². The fraction of sp³-hybridized carbons (Fsp3) is 0.600. The Morgan fingerprint density at radius 2 is 2.38 bits per heavy atom. The van der Waals surface area contributed by atoms with Crippen LogP contribution >= 0.6 is 0 Å². The van der Waals surface area contributed by atoms with Gasteiger partial charge in [0.15, 0.2) is 0 Å². The summed E-state index contributed by atoms with van der Waals surface area (Å²) in [4.78, 5) is 0. The summed E-state index contributed by atoms with van der Waals surface area (Å²) >= 11 is 0. The Kier molecular flexibility index (Phi) is 3.99. The van der Waals surface area contributed by atoms with Crippen LogP contribution < -0.4 is 5.32 Å². The topological polar surface area (TPSA) is 45.4 Å². The zero-order valence-electron chi connectivity index (χ0n) is 8.16. The molecule has 0 radical (unpaired) electrons. The van der Waals surface area contributed by atoms with Crippen molar-refractivity contribution in [3.8, 4) is 0 Å². The van der Waals surface area contributed by atoms with Gasteiger partial charge in [-0.1, -0.05) is 6.92 Å². The molecule has 0 saturated heterocycles. The van der Waals surface area contributed by atoms with E-state index in [1.165, 1.54) is 0 Å². The van der Waals surface area contributed by atoms with E-state index in [2.05, 4.69) is 19.2 Å². The summed E-state index contributed by atoms with van der Waals surface area (Å²) in [6.07, 6.45) is 2.66. The van der Waals surface area contributed by atoms with Gasteiger partial charge in [0.05, 0.1) is 18.9 Å². The van der Waals surface area contributed by atoms with Gasteiger partial charge in [-0.15, -0.1) is 0 Å². The lowest BCUT2D eigenvalue weighted by Crippen LogP contribution is -2.31. The molecule has 3 nitrogen and oxygen atoms in total. The Morgan fingerprint density at radius 1 is 1.62 bits per heavy atom. The maximum Gasteiger partial charge on any atom is 0.123 e. The molecular formula is C10H17NO2. The van der Waals surface area contributed by atoms with Crippen molar-refractivity contribution in [2.45, 2.75) is 32.4 Å². The second-order valence-electron chi connectivity index (χ2n) is 3.23. The summed E-state index contributed by atoms with van der Waals surface area (Å²) in [5.74, 6) is 0.794. The molecule has 0 fully saturated rings. The molecule has 0 spiro atoms. The number of nitrogens with one attached hydrogen (secondary N) is 1. The van der Waals surface area contributed by atoms with Gasteiger partial charge in [-0.05, 0) is 25.5 Å². The van der Waals surface area contributed by atoms with Gasteiger partial charge in [-0.3, -0.25) is 0 Å². The lowest BCUT2D eigenvalue weighted by atomic mass is 10.2. The highest BCUT2D eigenvalue weighted by molar-refractivity contribution is 5.04. The van der Waals surface area contributed by atoms with Crippen LogP contribution in [0.25, 0.3) is 0 Å². The maximum atomic E-state index is 9.12. The van der Waals surface area contributed by atoms with Gasteiger partial charge in [0.2, 0.25) is 0 Å². The number of aliphatic hydroxyl groups is 1. The van der Waals surface area contributed by atoms with Gasteiger partial charge in [0, 0.05) is 6.04 Å². The van der Waals surface area contributed by atoms with E-state index in [-0.39, 0.29) is 12.6 Å². The second-order valence-corrected chi connectivity index (χ2v) is 3.23. The van der Waals surface area contributed by atoms with Crippen molar-refractivity contribution in [1.82, 2.24) is 5.32 Å². The first-order chi connectivity index (χ1) is 6.27. The number of furan rings is 1. The minimum atomic E-state index is -0.0788. The summed E-state index contributed by atoms with van der Waals surface area (Å²) < 4.78 is 5.21. The van der Waals surface area contributed by atoms with Crippen LogP contribution in [0.4, 0.5) is 0 Å². The van der Waals surface area contributed by atoms with E-state index in [4.69, 9.17) is 9.52 Å². The van der Waals surface area contributed by atoms with Crippen molar-refractivity contribution in [2.75, 3.05) is 6.61 Å². The van der Waals surface area contributed by atoms with Gasteiger partial charge in [-0.25, -0.2) is 0 Å². The van der Waals surface area contributed by atoms with Crippen LogP contribution in [0.15, 0.2) is 22.8 Å². The summed E-state index contributed by atoms with van der Waals surface area (Å²) in [6, 6.07) is 4.01. The molecule has 3 heteroatoms. The summed E-state index contributed by atoms with van der Waals surface area (Å²) in [7, 11) is 0. The first-order valence-corrected chi connectivity index (χ1v) is 4.68. The van der Waals surface area contributed by atoms with Crippen molar-refractivity contribution >= 4 is 0 Å². The molecule has 2 N–H and O–H groups in total. The largest absolute Gasteiger partial charge is 0.468 e. The Hall–Kier alpha value is -0.800. The average molecular weight is 183 g/mol. The van der Waals surface area contributed by atoms with Crippen LogP contribution in [-0.4, -0.2) is 17.8 Å². The molecule has 2 atom stereocenters. The standard InChI is InChI=1S/C10H17NO2/c1-3-8(2)11-9(7-12)10-5-4-6-13-10/h4-6,8-9,11-12H,3,7H2,1-2H3. The van der Waals surface area contributed by atoms with Gasteiger partial charge in [-0.2, -0.15) is 0 Å². The Bertz CT molecular complexity index is 221. The maximum absolute atomic E-state index is 9.12. The van der Waals surface area contributed by atoms with Gasteiger partial charge in [0.25, 0.3) is 0 Å². The van der Waals surface area contributed by atoms with Gasteiger partial charge >= 0.3 is 0 Å². The highest BCUT2D eigenvalue weighted by Gasteiger charge is 2.14.